The van der Waals surface area contributed by atoms with Gasteiger partial charge in [-0.25, -0.2) is 4.98 Å². The van der Waals surface area contributed by atoms with Crippen molar-refractivity contribution in [3.63, 3.8) is 0 Å². The summed E-state index contributed by atoms with van der Waals surface area (Å²) in [5, 5.41) is 6.42. The molecular weight excluding hydrogens is 236 g/mol. The first kappa shape index (κ1) is 14.1. The number of anilines is 2. The number of hydrogen-bond donors (Lipinski definition) is 2. The van der Waals surface area contributed by atoms with Gasteiger partial charge in [-0.2, -0.15) is 4.98 Å². The Kier molecular flexibility index (Phi) is 5.00. The number of rotatable bonds is 5. The lowest BCUT2D eigenvalue weighted by Gasteiger charge is -2.26. The number of aromatic nitrogens is 2. The van der Waals surface area contributed by atoms with Gasteiger partial charge in [0.15, 0.2) is 0 Å². The quantitative estimate of drug-likeness (QED) is 0.853. The minimum atomic E-state index is 0.689. The predicted molar refractivity (Wildman–Crippen MR) is 80.5 cm³/mol. The Morgan fingerprint density at radius 2 is 2.16 bits per heavy atom. The van der Waals surface area contributed by atoms with Gasteiger partial charge >= 0.3 is 0 Å². The minimum Gasteiger partial charge on any atom is -0.370 e. The average molecular weight is 262 g/mol. The van der Waals surface area contributed by atoms with Crippen LogP contribution in [0.25, 0.3) is 0 Å². The van der Waals surface area contributed by atoms with E-state index in [0.717, 1.165) is 29.9 Å². The Labute approximate surface area is 116 Å². The van der Waals surface area contributed by atoms with Gasteiger partial charge in [0, 0.05) is 25.4 Å². The van der Waals surface area contributed by atoms with Crippen LogP contribution in [0.3, 0.4) is 0 Å². The van der Waals surface area contributed by atoms with Crippen LogP contribution in [-0.4, -0.2) is 23.6 Å². The van der Waals surface area contributed by atoms with Crippen molar-refractivity contribution in [2.24, 2.45) is 11.8 Å². The highest BCUT2D eigenvalue weighted by atomic mass is 15.1. The molecule has 2 rings (SSSR count). The Balaban J connectivity index is 1.80. The molecule has 2 N–H and O–H groups in total. The molecule has 19 heavy (non-hydrogen) atoms. The summed E-state index contributed by atoms with van der Waals surface area (Å²) in [5.74, 6) is 3.42. The summed E-state index contributed by atoms with van der Waals surface area (Å²) in [6.45, 7) is 5.39. The summed E-state index contributed by atoms with van der Waals surface area (Å²) in [5.41, 5.74) is 0.994. The van der Waals surface area contributed by atoms with Crippen LogP contribution < -0.4 is 10.6 Å². The molecule has 1 aromatic heterocycles. The van der Waals surface area contributed by atoms with Gasteiger partial charge in [-0.1, -0.05) is 26.2 Å². The van der Waals surface area contributed by atoms with E-state index < -0.39 is 0 Å². The molecule has 106 valence electrons. The Hall–Kier alpha value is -1.32. The molecule has 1 saturated carbocycles. The molecule has 1 heterocycles. The molecule has 0 spiro atoms. The number of nitrogens with one attached hydrogen (secondary N) is 2. The molecule has 1 aliphatic carbocycles. The van der Waals surface area contributed by atoms with E-state index in [1.54, 1.807) is 0 Å². The zero-order valence-corrected chi connectivity index (χ0v) is 12.4. The van der Waals surface area contributed by atoms with Crippen molar-refractivity contribution < 1.29 is 0 Å². The third-order valence-electron chi connectivity index (χ3n) is 3.98. The summed E-state index contributed by atoms with van der Waals surface area (Å²) in [7, 11) is 1.85. The minimum absolute atomic E-state index is 0.689. The second-order valence-electron chi connectivity index (χ2n) is 5.82. The van der Waals surface area contributed by atoms with Gasteiger partial charge in [0.05, 0.1) is 0 Å². The molecule has 0 aliphatic heterocycles. The molecule has 0 radical (unpaired) electrons. The molecule has 4 nitrogen and oxygen atoms in total. The highest BCUT2D eigenvalue weighted by molar-refractivity contribution is 5.41. The van der Waals surface area contributed by atoms with Gasteiger partial charge in [-0.3, -0.25) is 0 Å². The highest BCUT2D eigenvalue weighted by Gasteiger charge is 2.18. The fourth-order valence-corrected chi connectivity index (χ4v) is 3.00. The third kappa shape index (κ3) is 4.37. The first-order valence-electron chi connectivity index (χ1n) is 7.44. The van der Waals surface area contributed by atoms with Crippen LogP contribution in [0.2, 0.25) is 0 Å². The molecule has 0 bridgehead atoms. The molecule has 1 aliphatic rings. The average Bonchev–Trinajstić information content (AvgIpc) is 2.38. The first-order chi connectivity index (χ1) is 9.17. The monoisotopic (exact) mass is 262 g/mol. The van der Waals surface area contributed by atoms with Crippen LogP contribution >= 0.6 is 0 Å². The van der Waals surface area contributed by atoms with Crippen molar-refractivity contribution in [1.82, 2.24) is 9.97 Å². The van der Waals surface area contributed by atoms with E-state index in [1.807, 2.05) is 20.0 Å². The van der Waals surface area contributed by atoms with Gasteiger partial charge in [0.2, 0.25) is 5.95 Å². The van der Waals surface area contributed by atoms with E-state index in [9.17, 15) is 0 Å². The smallest absolute Gasteiger partial charge is 0.224 e. The zero-order chi connectivity index (χ0) is 13.7. The summed E-state index contributed by atoms with van der Waals surface area (Å²) in [6, 6.07) is 2.00. The maximum atomic E-state index is 4.42. The molecule has 4 heteroatoms. The molecule has 0 saturated heterocycles. The fourth-order valence-electron chi connectivity index (χ4n) is 3.00. The van der Waals surface area contributed by atoms with E-state index in [2.05, 4.69) is 27.5 Å². The maximum absolute atomic E-state index is 4.42. The van der Waals surface area contributed by atoms with Crippen LogP contribution in [0.1, 0.15) is 44.7 Å². The standard InChI is InChI=1S/C15H26N4/c1-11-5-4-6-13(9-11)7-8-17-14-10-12(2)18-15(16-3)19-14/h10-11,13H,4-9H2,1-3H3,(H2,16,17,18,19). The van der Waals surface area contributed by atoms with E-state index in [1.165, 1.54) is 32.1 Å². The third-order valence-corrected chi connectivity index (χ3v) is 3.98. The molecule has 2 unspecified atom stereocenters. The highest BCUT2D eigenvalue weighted by Crippen LogP contribution is 2.30. The fraction of sp³-hybridized carbons (Fsp3) is 0.733. The van der Waals surface area contributed by atoms with Gasteiger partial charge < -0.3 is 10.6 Å². The summed E-state index contributed by atoms with van der Waals surface area (Å²) in [4.78, 5) is 8.71. The van der Waals surface area contributed by atoms with Gasteiger partial charge in [-0.05, 0) is 31.6 Å². The normalized spacial score (nSPS) is 23.1. The lowest BCUT2D eigenvalue weighted by Crippen LogP contribution is -2.17. The second kappa shape index (κ2) is 6.73. The number of nitrogens with zero attached hydrogens (tertiary/aromatic N) is 2. The van der Waals surface area contributed by atoms with Crippen molar-refractivity contribution >= 4 is 11.8 Å². The largest absolute Gasteiger partial charge is 0.370 e. The lowest BCUT2D eigenvalue weighted by atomic mass is 9.81. The predicted octanol–water partition coefficient (Wildman–Crippen LogP) is 3.46. The Morgan fingerprint density at radius 3 is 2.89 bits per heavy atom. The summed E-state index contributed by atoms with van der Waals surface area (Å²) < 4.78 is 0. The van der Waals surface area contributed by atoms with Crippen LogP contribution in [0.5, 0.6) is 0 Å². The van der Waals surface area contributed by atoms with Crippen molar-refractivity contribution in [3.05, 3.63) is 11.8 Å². The van der Waals surface area contributed by atoms with Crippen LogP contribution in [0.15, 0.2) is 6.07 Å². The van der Waals surface area contributed by atoms with Crippen LogP contribution in [0.4, 0.5) is 11.8 Å². The molecular formula is C15H26N4. The topological polar surface area (TPSA) is 49.8 Å². The van der Waals surface area contributed by atoms with Crippen molar-refractivity contribution in [2.45, 2.75) is 46.0 Å². The second-order valence-corrected chi connectivity index (χ2v) is 5.82. The van der Waals surface area contributed by atoms with Gasteiger partial charge in [0.1, 0.15) is 5.82 Å². The summed E-state index contributed by atoms with van der Waals surface area (Å²) >= 11 is 0. The number of hydrogen-bond acceptors (Lipinski definition) is 4. The summed E-state index contributed by atoms with van der Waals surface area (Å²) in [6.07, 6.45) is 6.87. The van der Waals surface area contributed by atoms with Crippen LogP contribution in [0, 0.1) is 18.8 Å². The van der Waals surface area contributed by atoms with Crippen LogP contribution in [-0.2, 0) is 0 Å². The Morgan fingerprint density at radius 1 is 1.32 bits per heavy atom. The van der Waals surface area contributed by atoms with E-state index in [-0.39, 0.29) is 0 Å². The SMILES string of the molecule is CNc1nc(C)cc(NCCC2CCCC(C)C2)n1. The zero-order valence-electron chi connectivity index (χ0n) is 12.4. The van der Waals surface area contributed by atoms with E-state index in [0.29, 0.717) is 5.95 Å². The molecule has 0 amide bonds. The Bertz CT molecular complexity index is 405. The van der Waals surface area contributed by atoms with Gasteiger partial charge in [-0.15, -0.1) is 0 Å². The van der Waals surface area contributed by atoms with Gasteiger partial charge in [0.25, 0.3) is 0 Å². The lowest BCUT2D eigenvalue weighted by molar-refractivity contribution is 0.274. The van der Waals surface area contributed by atoms with E-state index in [4.69, 9.17) is 0 Å². The molecule has 0 aromatic carbocycles. The first-order valence-corrected chi connectivity index (χ1v) is 7.44. The van der Waals surface area contributed by atoms with Crippen molar-refractivity contribution in [1.29, 1.82) is 0 Å². The van der Waals surface area contributed by atoms with Crippen molar-refractivity contribution in [2.75, 3.05) is 24.2 Å². The molecule has 2 atom stereocenters. The maximum Gasteiger partial charge on any atom is 0.224 e. The molecule has 1 aromatic rings. The van der Waals surface area contributed by atoms with Crippen molar-refractivity contribution in [3.8, 4) is 0 Å². The van der Waals surface area contributed by atoms with E-state index >= 15 is 0 Å². The number of aryl methyl sites for hydroxylation is 1. The molecule has 1 fully saturated rings.